The number of thiophene rings is 1. The maximum absolute atomic E-state index is 3.23. The molecular formula is C22H18SSn. The van der Waals surface area contributed by atoms with E-state index in [1.165, 1.54) is 10.7 Å². The summed E-state index contributed by atoms with van der Waals surface area (Å²) in [5.41, 5.74) is 0. The summed E-state index contributed by atoms with van der Waals surface area (Å²) >= 11 is -1.32. The van der Waals surface area contributed by atoms with E-state index in [-0.39, 0.29) is 0 Å². The fraction of sp³-hybridized carbons (Fsp3) is 0. The van der Waals surface area contributed by atoms with E-state index in [4.69, 9.17) is 0 Å². The molecule has 0 spiro atoms. The molecule has 0 aliphatic carbocycles. The zero-order chi connectivity index (χ0) is 16.2. The number of rotatable bonds is 4. The first-order chi connectivity index (χ1) is 11.9. The van der Waals surface area contributed by atoms with Crippen LogP contribution in [0, 0.1) is 0 Å². The van der Waals surface area contributed by atoms with Crippen LogP contribution in [0.3, 0.4) is 0 Å². The molecule has 0 N–H and O–H groups in total. The van der Waals surface area contributed by atoms with Crippen molar-refractivity contribution >= 4 is 43.3 Å². The van der Waals surface area contributed by atoms with Gasteiger partial charge in [0.25, 0.3) is 0 Å². The van der Waals surface area contributed by atoms with Gasteiger partial charge in [-0.15, -0.1) is 0 Å². The van der Waals surface area contributed by atoms with E-state index in [1.54, 1.807) is 2.89 Å². The molecule has 0 amide bonds. The monoisotopic (exact) mass is 434 g/mol. The van der Waals surface area contributed by atoms with E-state index < -0.39 is 18.4 Å². The number of benzene rings is 3. The quantitative estimate of drug-likeness (QED) is 0.434. The van der Waals surface area contributed by atoms with Crippen LogP contribution in [-0.2, 0) is 0 Å². The van der Waals surface area contributed by atoms with Crippen LogP contribution in [0.25, 0.3) is 0 Å². The fourth-order valence-electron chi connectivity index (χ4n) is 3.48. The van der Waals surface area contributed by atoms with Gasteiger partial charge in [-0.3, -0.25) is 0 Å². The summed E-state index contributed by atoms with van der Waals surface area (Å²) < 4.78 is 6.07. The SMILES string of the molecule is c1cc[c]([Sn]([c]2ccccc2)([c]2ccccc2)[c]2cccs2)cc1. The molecule has 0 atom stereocenters. The summed E-state index contributed by atoms with van der Waals surface area (Å²) in [5, 5.41) is 2.22. The van der Waals surface area contributed by atoms with E-state index in [9.17, 15) is 0 Å². The molecule has 4 aromatic rings. The summed E-state index contributed by atoms with van der Waals surface area (Å²) in [5.74, 6) is 0. The van der Waals surface area contributed by atoms with Crippen LogP contribution in [0.5, 0.6) is 0 Å². The van der Waals surface area contributed by atoms with Crippen molar-refractivity contribution in [3.05, 3.63) is 109 Å². The summed E-state index contributed by atoms with van der Waals surface area (Å²) in [6.07, 6.45) is 0. The zero-order valence-electron chi connectivity index (χ0n) is 13.3. The van der Waals surface area contributed by atoms with Gasteiger partial charge in [0.05, 0.1) is 0 Å². The molecule has 0 saturated heterocycles. The first kappa shape index (κ1) is 15.7. The van der Waals surface area contributed by atoms with Crippen LogP contribution in [0.1, 0.15) is 0 Å². The van der Waals surface area contributed by atoms with Crippen LogP contribution in [0.4, 0.5) is 0 Å². The molecule has 116 valence electrons. The fourth-order valence-corrected chi connectivity index (χ4v) is 20.8. The Morgan fingerprint density at radius 3 is 1.21 bits per heavy atom. The minimum absolute atomic E-state index is 1.51. The van der Waals surface area contributed by atoms with Crippen molar-refractivity contribution in [1.82, 2.24) is 0 Å². The number of hydrogen-bond acceptors (Lipinski definition) is 1. The van der Waals surface area contributed by atoms with Gasteiger partial charge in [-0.05, 0) is 0 Å². The van der Waals surface area contributed by atoms with E-state index in [0.717, 1.165) is 0 Å². The second-order valence-electron chi connectivity index (χ2n) is 5.83. The van der Waals surface area contributed by atoms with Gasteiger partial charge < -0.3 is 0 Å². The van der Waals surface area contributed by atoms with Crippen LogP contribution in [0.15, 0.2) is 109 Å². The molecule has 3 aromatic carbocycles. The minimum atomic E-state index is -3.23. The van der Waals surface area contributed by atoms with Gasteiger partial charge in [0.1, 0.15) is 0 Å². The molecule has 4 rings (SSSR count). The van der Waals surface area contributed by atoms with E-state index in [0.29, 0.717) is 0 Å². The summed E-state index contributed by atoms with van der Waals surface area (Å²) in [6.45, 7) is 0. The van der Waals surface area contributed by atoms with E-state index in [1.807, 2.05) is 11.3 Å². The van der Waals surface area contributed by atoms with Crippen molar-refractivity contribution < 1.29 is 0 Å². The maximum atomic E-state index is 2.34. The molecule has 0 saturated carbocycles. The molecule has 0 aliphatic heterocycles. The zero-order valence-corrected chi connectivity index (χ0v) is 17.0. The van der Waals surface area contributed by atoms with Crippen molar-refractivity contribution in [2.75, 3.05) is 0 Å². The molecule has 0 bridgehead atoms. The molecule has 0 nitrogen and oxygen atoms in total. The predicted molar refractivity (Wildman–Crippen MR) is 108 cm³/mol. The van der Waals surface area contributed by atoms with Crippen molar-refractivity contribution in [1.29, 1.82) is 0 Å². The Morgan fingerprint density at radius 1 is 0.458 bits per heavy atom. The molecule has 1 heterocycles. The topological polar surface area (TPSA) is 0 Å². The second kappa shape index (κ2) is 6.96. The Bertz CT molecular complexity index is 788. The molecule has 0 unspecified atom stereocenters. The average molecular weight is 433 g/mol. The second-order valence-corrected chi connectivity index (χ2v) is 18.6. The van der Waals surface area contributed by atoms with Crippen molar-refractivity contribution in [2.24, 2.45) is 0 Å². The molecular weight excluding hydrogens is 415 g/mol. The van der Waals surface area contributed by atoms with Gasteiger partial charge in [0, 0.05) is 0 Å². The third-order valence-corrected chi connectivity index (χ3v) is 21.1. The molecule has 1 aromatic heterocycles. The molecule has 0 fully saturated rings. The van der Waals surface area contributed by atoms with Gasteiger partial charge in [-0.2, -0.15) is 0 Å². The summed E-state index contributed by atoms with van der Waals surface area (Å²) in [6, 6.07) is 37.9. The van der Waals surface area contributed by atoms with Gasteiger partial charge in [0.15, 0.2) is 0 Å². The number of hydrogen-bond donors (Lipinski definition) is 0. The Balaban J connectivity index is 2.12. The normalized spacial score (nSPS) is 11.3. The Hall–Kier alpha value is -1.84. The van der Waals surface area contributed by atoms with Crippen LogP contribution in [-0.4, -0.2) is 18.4 Å². The summed E-state index contributed by atoms with van der Waals surface area (Å²) in [4.78, 5) is 0. The Labute approximate surface area is 151 Å². The third kappa shape index (κ3) is 2.62. The first-order valence-corrected chi connectivity index (χ1v) is 14.7. The standard InChI is InChI=1S/3C6H5.C4H3S.Sn/c3*1-2-4-6-5-3-1;1-2-4-5-3-1;/h3*1-5H;1-3H;. The Morgan fingerprint density at radius 2 is 0.875 bits per heavy atom. The molecule has 0 aliphatic rings. The van der Waals surface area contributed by atoms with Gasteiger partial charge in [-0.25, -0.2) is 0 Å². The van der Waals surface area contributed by atoms with Crippen molar-refractivity contribution in [3.8, 4) is 0 Å². The molecule has 2 heteroatoms. The molecule has 0 radical (unpaired) electrons. The van der Waals surface area contributed by atoms with Crippen molar-refractivity contribution in [2.45, 2.75) is 0 Å². The van der Waals surface area contributed by atoms with Gasteiger partial charge >= 0.3 is 152 Å². The van der Waals surface area contributed by atoms with E-state index in [2.05, 4.69) is 109 Å². The van der Waals surface area contributed by atoms with Gasteiger partial charge in [-0.1, -0.05) is 0 Å². The first-order valence-electron chi connectivity index (χ1n) is 8.13. The third-order valence-electron chi connectivity index (χ3n) is 4.51. The average Bonchev–Trinajstić information content (AvgIpc) is 3.20. The van der Waals surface area contributed by atoms with E-state index >= 15 is 0 Å². The summed E-state index contributed by atoms with van der Waals surface area (Å²) in [7, 11) is 0. The Kier molecular flexibility index (Phi) is 4.54. The van der Waals surface area contributed by atoms with Gasteiger partial charge in [0.2, 0.25) is 0 Å². The van der Waals surface area contributed by atoms with Crippen molar-refractivity contribution in [3.63, 3.8) is 0 Å². The van der Waals surface area contributed by atoms with Crippen LogP contribution < -0.4 is 13.6 Å². The molecule has 24 heavy (non-hydrogen) atoms. The predicted octanol–water partition coefficient (Wildman–Crippen LogP) is 3.13. The van der Waals surface area contributed by atoms with Crippen LogP contribution >= 0.6 is 11.3 Å². The van der Waals surface area contributed by atoms with Crippen LogP contribution in [0.2, 0.25) is 0 Å².